The van der Waals surface area contributed by atoms with Gasteiger partial charge in [0.05, 0.1) is 30.2 Å². The van der Waals surface area contributed by atoms with Gasteiger partial charge in [0.25, 0.3) is 0 Å². The Labute approximate surface area is 189 Å². The maximum Gasteiger partial charge on any atom is 0.319 e. The van der Waals surface area contributed by atoms with Gasteiger partial charge in [0, 0.05) is 25.2 Å². The van der Waals surface area contributed by atoms with Crippen LogP contribution in [0.5, 0.6) is 6.01 Å². The van der Waals surface area contributed by atoms with Crippen LogP contribution < -0.4 is 9.64 Å². The molecule has 0 bridgehead atoms. The number of fused-ring (bicyclic) bond motifs is 3. The van der Waals surface area contributed by atoms with Gasteiger partial charge in [-0.2, -0.15) is 9.97 Å². The summed E-state index contributed by atoms with van der Waals surface area (Å²) in [5, 5.41) is 0.113. The highest BCUT2D eigenvalue weighted by Gasteiger charge is 2.56. The lowest BCUT2D eigenvalue weighted by Crippen LogP contribution is -2.43. The number of rotatable bonds is 4. The summed E-state index contributed by atoms with van der Waals surface area (Å²) in [6.45, 7) is 7.67. The average molecular weight is 464 g/mol. The summed E-state index contributed by atoms with van der Waals surface area (Å²) < 4.78 is 41.0. The second kappa shape index (κ2) is 7.46. The minimum atomic E-state index is -1.01. The maximum atomic E-state index is 14.9. The maximum absolute atomic E-state index is 14.9. The number of alkyl halides is 1. The number of aromatic nitrogens is 3. The Bertz CT molecular complexity index is 1100. The van der Waals surface area contributed by atoms with Crippen LogP contribution in [0.4, 0.5) is 14.6 Å². The second-order valence-electron chi connectivity index (χ2n) is 9.29. The Morgan fingerprint density at radius 2 is 2.22 bits per heavy atom. The van der Waals surface area contributed by atoms with E-state index in [1.54, 1.807) is 0 Å². The lowest BCUT2D eigenvalue weighted by atomic mass is 9.94. The normalized spacial score (nSPS) is 32.2. The van der Waals surface area contributed by atoms with Crippen molar-refractivity contribution in [1.29, 1.82) is 0 Å². The van der Waals surface area contributed by atoms with Crippen molar-refractivity contribution in [2.75, 3.05) is 44.4 Å². The van der Waals surface area contributed by atoms with Crippen molar-refractivity contribution in [3.63, 3.8) is 0 Å². The quantitative estimate of drug-likeness (QED) is 0.509. The number of halogens is 3. The Morgan fingerprint density at radius 3 is 3.09 bits per heavy atom. The SMILES string of the molecule is C=C1CN2CCCC2(COc2nc(N3CCOC[C@H]4[C@H](F)[C@H]43)c3cnc(Cl)c(F)c3n2)C1. The summed E-state index contributed by atoms with van der Waals surface area (Å²) in [5.41, 5.74) is 1.10. The van der Waals surface area contributed by atoms with E-state index < -0.39 is 12.0 Å². The largest absolute Gasteiger partial charge is 0.461 e. The summed E-state index contributed by atoms with van der Waals surface area (Å²) in [7, 11) is 0. The first kappa shape index (κ1) is 20.5. The van der Waals surface area contributed by atoms with Gasteiger partial charge in [-0.3, -0.25) is 4.90 Å². The zero-order valence-electron chi connectivity index (χ0n) is 17.6. The summed E-state index contributed by atoms with van der Waals surface area (Å²) in [5.74, 6) is -0.541. The zero-order valence-corrected chi connectivity index (χ0v) is 18.3. The fourth-order valence-corrected chi connectivity index (χ4v) is 5.75. The van der Waals surface area contributed by atoms with Crippen molar-refractivity contribution in [2.24, 2.45) is 5.92 Å². The summed E-state index contributed by atoms with van der Waals surface area (Å²) in [4.78, 5) is 17.1. The molecule has 1 unspecified atom stereocenters. The van der Waals surface area contributed by atoms with Crippen LogP contribution in [0.1, 0.15) is 19.3 Å². The van der Waals surface area contributed by atoms with Crippen LogP contribution in [0, 0.1) is 11.7 Å². The molecular weight excluding hydrogens is 440 g/mol. The molecule has 0 radical (unpaired) electrons. The second-order valence-corrected chi connectivity index (χ2v) is 9.65. The lowest BCUT2D eigenvalue weighted by molar-refractivity contribution is 0.108. The van der Waals surface area contributed by atoms with Crippen LogP contribution >= 0.6 is 11.6 Å². The third-order valence-electron chi connectivity index (χ3n) is 7.26. The lowest BCUT2D eigenvalue weighted by Gasteiger charge is -2.31. The molecule has 170 valence electrons. The van der Waals surface area contributed by atoms with Crippen molar-refractivity contribution >= 4 is 28.3 Å². The minimum absolute atomic E-state index is 0.0272. The van der Waals surface area contributed by atoms with Gasteiger partial charge in [0.1, 0.15) is 24.1 Å². The van der Waals surface area contributed by atoms with Crippen LogP contribution in [0.25, 0.3) is 10.9 Å². The van der Waals surface area contributed by atoms with Crippen molar-refractivity contribution in [3.05, 3.63) is 29.3 Å². The predicted octanol–water partition coefficient (Wildman–Crippen LogP) is 3.16. The van der Waals surface area contributed by atoms with E-state index >= 15 is 0 Å². The number of pyridine rings is 1. The highest BCUT2D eigenvalue weighted by Crippen LogP contribution is 2.45. The molecule has 6 rings (SSSR count). The van der Waals surface area contributed by atoms with Crippen LogP contribution in [-0.2, 0) is 4.74 Å². The molecule has 0 N–H and O–H groups in total. The minimum Gasteiger partial charge on any atom is -0.461 e. The molecule has 3 aliphatic heterocycles. The summed E-state index contributed by atoms with van der Waals surface area (Å²) in [6.07, 6.45) is 3.41. The van der Waals surface area contributed by atoms with Crippen LogP contribution in [0.15, 0.2) is 18.3 Å². The molecule has 1 saturated carbocycles. The number of hydrogen-bond donors (Lipinski definition) is 0. The molecule has 7 nitrogen and oxygen atoms in total. The Balaban J connectivity index is 1.38. The van der Waals surface area contributed by atoms with Crippen LogP contribution in [0.2, 0.25) is 5.15 Å². The van der Waals surface area contributed by atoms with E-state index in [1.807, 2.05) is 4.90 Å². The topological polar surface area (TPSA) is 63.6 Å². The van der Waals surface area contributed by atoms with Crippen LogP contribution in [-0.4, -0.2) is 77.1 Å². The summed E-state index contributed by atoms with van der Waals surface area (Å²) in [6, 6.07) is -0.297. The first-order chi connectivity index (χ1) is 15.5. The highest BCUT2D eigenvalue weighted by atomic mass is 35.5. The molecule has 0 amide bonds. The molecule has 2 aromatic heterocycles. The Kier molecular flexibility index (Phi) is 4.78. The predicted molar refractivity (Wildman–Crippen MR) is 115 cm³/mol. The van der Waals surface area contributed by atoms with Gasteiger partial charge in [-0.15, -0.1) is 0 Å². The number of ether oxygens (including phenoxy) is 2. The van der Waals surface area contributed by atoms with Gasteiger partial charge in [-0.05, 0) is 25.8 Å². The van der Waals surface area contributed by atoms with E-state index in [1.165, 1.54) is 11.8 Å². The molecule has 32 heavy (non-hydrogen) atoms. The molecular formula is C22H24ClF2N5O2. The Hall–Kier alpha value is -2.10. The van der Waals surface area contributed by atoms with Crippen molar-refractivity contribution < 1.29 is 18.3 Å². The smallest absolute Gasteiger partial charge is 0.319 e. The molecule has 1 aliphatic carbocycles. The average Bonchev–Trinajstić information content (AvgIpc) is 3.18. The molecule has 10 heteroatoms. The zero-order chi connectivity index (χ0) is 22.0. The fraction of sp³-hybridized carbons (Fsp3) is 0.591. The molecule has 4 aliphatic rings. The molecule has 4 atom stereocenters. The highest BCUT2D eigenvalue weighted by molar-refractivity contribution is 6.30. The summed E-state index contributed by atoms with van der Waals surface area (Å²) >= 11 is 5.94. The molecule has 0 spiro atoms. The van der Waals surface area contributed by atoms with Crippen molar-refractivity contribution in [2.45, 2.75) is 37.0 Å². The third-order valence-corrected chi connectivity index (χ3v) is 7.52. The van der Waals surface area contributed by atoms with Gasteiger partial charge in [-0.1, -0.05) is 23.8 Å². The van der Waals surface area contributed by atoms with E-state index in [4.69, 9.17) is 21.1 Å². The molecule has 4 fully saturated rings. The van der Waals surface area contributed by atoms with Gasteiger partial charge < -0.3 is 14.4 Å². The fourth-order valence-electron chi connectivity index (χ4n) is 5.62. The monoisotopic (exact) mass is 463 g/mol. The first-order valence-corrected chi connectivity index (χ1v) is 11.4. The van der Waals surface area contributed by atoms with E-state index in [2.05, 4.69) is 26.4 Å². The standard InChI is InChI=1S/C22H24ClF2N5O2/c1-12-7-22(3-2-4-29(22)9-12)11-32-21-27-17-13(8-26-19(23)16(17)25)20(28-21)30-5-6-31-10-14-15(24)18(14)30/h8,14-15,18H,1-7,9-11H2/t14-,15-,18-,22?/m0/s1. The van der Waals surface area contributed by atoms with E-state index in [9.17, 15) is 8.78 Å². The number of nitrogens with zero attached hydrogens (tertiary/aromatic N) is 5. The molecule has 3 saturated heterocycles. The molecule has 2 aromatic rings. The molecule has 0 aromatic carbocycles. The molecule has 5 heterocycles. The van der Waals surface area contributed by atoms with Gasteiger partial charge in [0.2, 0.25) is 0 Å². The van der Waals surface area contributed by atoms with Crippen molar-refractivity contribution in [1.82, 2.24) is 19.9 Å². The van der Waals surface area contributed by atoms with E-state index in [0.717, 1.165) is 32.4 Å². The number of hydrogen-bond acceptors (Lipinski definition) is 7. The Morgan fingerprint density at radius 1 is 1.34 bits per heavy atom. The third kappa shape index (κ3) is 3.16. The van der Waals surface area contributed by atoms with E-state index in [-0.39, 0.29) is 34.2 Å². The van der Waals surface area contributed by atoms with Crippen molar-refractivity contribution in [3.8, 4) is 6.01 Å². The van der Waals surface area contributed by atoms with Gasteiger partial charge in [-0.25, -0.2) is 13.8 Å². The van der Waals surface area contributed by atoms with Gasteiger partial charge >= 0.3 is 6.01 Å². The van der Waals surface area contributed by atoms with Crippen LogP contribution in [0.3, 0.4) is 0 Å². The first-order valence-electron chi connectivity index (χ1n) is 11.0. The number of anilines is 1. The van der Waals surface area contributed by atoms with E-state index in [0.29, 0.717) is 37.6 Å². The van der Waals surface area contributed by atoms with Gasteiger partial charge in [0.15, 0.2) is 11.0 Å².